The summed E-state index contributed by atoms with van der Waals surface area (Å²) < 4.78 is 28.7. The maximum atomic E-state index is 14.3. The van der Waals surface area contributed by atoms with Crippen LogP contribution in [0.25, 0.3) is 0 Å². The average Bonchev–Trinajstić information content (AvgIpc) is 3.11. The number of nitrogens with two attached hydrogens (primary N) is 1. The van der Waals surface area contributed by atoms with Crippen LogP contribution in [-0.2, 0) is 0 Å². The fourth-order valence-electron chi connectivity index (χ4n) is 3.55. The number of hydrogen-bond donors (Lipinski definition) is 1. The molecule has 1 aromatic carbocycles. The summed E-state index contributed by atoms with van der Waals surface area (Å²) in [5.41, 5.74) is 8.02. The van der Waals surface area contributed by atoms with Crippen LogP contribution in [-0.4, -0.2) is 24.1 Å². The minimum absolute atomic E-state index is 0.0626. The van der Waals surface area contributed by atoms with Crippen LogP contribution < -0.4 is 15.5 Å². The van der Waals surface area contributed by atoms with Gasteiger partial charge in [0.2, 0.25) is 0 Å². The van der Waals surface area contributed by atoms with Gasteiger partial charge in [-0.25, -0.2) is 8.78 Å². The number of anilines is 2. The van der Waals surface area contributed by atoms with E-state index in [1.165, 1.54) is 30.0 Å². The highest BCUT2D eigenvalue weighted by molar-refractivity contribution is 8.02. The first-order chi connectivity index (χ1) is 12.6. The summed E-state index contributed by atoms with van der Waals surface area (Å²) >= 11 is 1.38. The second-order valence-electron chi connectivity index (χ2n) is 6.53. The Hall–Kier alpha value is -2.12. The number of hydrogen-bond acceptors (Lipinski definition) is 5. The van der Waals surface area contributed by atoms with Gasteiger partial charge in [-0.15, -0.1) is 11.8 Å². The highest BCUT2D eigenvalue weighted by Crippen LogP contribution is 2.46. The third-order valence-electron chi connectivity index (χ3n) is 4.78. The molecule has 0 saturated carbocycles. The minimum Gasteiger partial charge on any atom is -0.368 e. The molecule has 2 aliphatic heterocycles. The van der Waals surface area contributed by atoms with Gasteiger partial charge in [0, 0.05) is 31.5 Å². The van der Waals surface area contributed by atoms with E-state index < -0.39 is 17.0 Å². The van der Waals surface area contributed by atoms with E-state index in [9.17, 15) is 8.78 Å². The van der Waals surface area contributed by atoms with Crippen LogP contribution in [0.3, 0.4) is 0 Å². The van der Waals surface area contributed by atoms with Gasteiger partial charge in [0.05, 0.1) is 23.1 Å². The van der Waals surface area contributed by atoms with Crippen LogP contribution in [0.4, 0.5) is 20.2 Å². The average molecular weight is 374 g/mol. The lowest BCUT2D eigenvalue weighted by Crippen LogP contribution is -2.43. The summed E-state index contributed by atoms with van der Waals surface area (Å²) in [7, 11) is 0. The van der Waals surface area contributed by atoms with E-state index >= 15 is 0 Å². The molecule has 1 unspecified atom stereocenters. The van der Waals surface area contributed by atoms with E-state index in [1.807, 2.05) is 22.6 Å². The summed E-state index contributed by atoms with van der Waals surface area (Å²) in [4.78, 5) is 8.36. The molecule has 0 radical (unpaired) electrons. The Kier molecular flexibility index (Phi) is 4.82. The second-order valence-corrected chi connectivity index (χ2v) is 7.52. The van der Waals surface area contributed by atoms with E-state index in [0.717, 1.165) is 37.3 Å². The van der Waals surface area contributed by atoms with Gasteiger partial charge in [-0.2, -0.15) is 0 Å². The van der Waals surface area contributed by atoms with Crippen molar-refractivity contribution in [2.75, 3.05) is 22.9 Å². The minimum atomic E-state index is -0.540. The quantitative estimate of drug-likeness (QED) is 0.879. The van der Waals surface area contributed by atoms with E-state index in [2.05, 4.69) is 9.88 Å². The summed E-state index contributed by atoms with van der Waals surface area (Å²) in [5.74, 6) is -1.08. The third-order valence-corrected chi connectivity index (χ3v) is 5.78. The number of thioether (sulfide) groups is 1. The predicted octanol–water partition coefficient (Wildman–Crippen LogP) is 4.01. The van der Waals surface area contributed by atoms with Crippen molar-refractivity contribution in [2.24, 2.45) is 5.73 Å². The van der Waals surface area contributed by atoms with Crippen molar-refractivity contribution in [3.05, 3.63) is 65.5 Å². The van der Waals surface area contributed by atoms with Crippen molar-refractivity contribution in [1.82, 2.24) is 4.98 Å². The maximum absolute atomic E-state index is 14.3. The van der Waals surface area contributed by atoms with Gasteiger partial charge in [-0.1, -0.05) is 6.07 Å². The van der Waals surface area contributed by atoms with Gasteiger partial charge in [0.25, 0.3) is 0 Å². The smallest absolute Gasteiger partial charge is 0.132 e. The van der Waals surface area contributed by atoms with E-state index in [4.69, 9.17) is 5.73 Å². The lowest BCUT2D eigenvalue weighted by Gasteiger charge is -2.36. The third kappa shape index (κ3) is 3.17. The van der Waals surface area contributed by atoms with Crippen molar-refractivity contribution in [2.45, 2.75) is 24.3 Å². The predicted molar refractivity (Wildman–Crippen MR) is 102 cm³/mol. The van der Waals surface area contributed by atoms with Crippen molar-refractivity contribution in [1.29, 1.82) is 0 Å². The van der Waals surface area contributed by atoms with Crippen LogP contribution in [0.1, 0.15) is 23.8 Å². The van der Waals surface area contributed by atoms with Crippen LogP contribution in [0.2, 0.25) is 0 Å². The first kappa shape index (κ1) is 17.3. The SMILES string of the molecule is NC1CCCN(c2ccncc2N2C=CS[C@H]2c2c(F)cccc2F)C1. The van der Waals surface area contributed by atoms with Crippen LogP contribution in [0.5, 0.6) is 0 Å². The summed E-state index contributed by atoms with van der Waals surface area (Å²) in [6.45, 7) is 1.68. The molecule has 3 heterocycles. The van der Waals surface area contributed by atoms with Crippen molar-refractivity contribution in [3.8, 4) is 0 Å². The van der Waals surface area contributed by atoms with Crippen molar-refractivity contribution in [3.63, 3.8) is 0 Å². The fourth-order valence-corrected chi connectivity index (χ4v) is 4.58. The second kappa shape index (κ2) is 7.25. The van der Waals surface area contributed by atoms with E-state index in [-0.39, 0.29) is 11.6 Å². The monoisotopic (exact) mass is 374 g/mol. The molecular weight excluding hydrogens is 354 g/mol. The Morgan fingerprint density at radius 3 is 2.73 bits per heavy atom. The molecule has 2 aliphatic rings. The molecule has 0 aliphatic carbocycles. The van der Waals surface area contributed by atoms with Gasteiger partial charge in [0.1, 0.15) is 17.0 Å². The van der Waals surface area contributed by atoms with Crippen LogP contribution >= 0.6 is 11.8 Å². The molecule has 0 bridgehead atoms. The van der Waals surface area contributed by atoms with Gasteiger partial charge in [0.15, 0.2) is 0 Å². The van der Waals surface area contributed by atoms with E-state index in [1.54, 1.807) is 12.4 Å². The first-order valence-corrected chi connectivity index (χ1v) is 9.58. The largest absolute Gasteiger partial charge is 0.368 e. The molecule has 4 nitrogen and oxygen atoms in total. The molecule has 26 heavy (non-hydrogen) atoms. The first-order valence-electron chi connectivity index (χ1n) is 8.64. The normalized spacial score (nSPS) is 22.9. The summed E-state index contributed by atoms with van der Waals surface area (Å²) in [6, 6.07) is 6.05. The zero-order valence-corrected chi connectivity index (χ0v) is 15.0. The summed E-state index contributed by atoms with van der Waals surface area (Å²) in [5, 5.41) is 1.35. The zero-order chi connectivity index (χ0) is 18.1. The molecule has 1 aromatic heterocycles. The van der Waals surface area contributed by atoms with E-state index in [0.29, 0.717) is 0 Å². The molecule has 1 saturated heterocycles. The zero-order valence-electron chi connectivity index (χ0n) is 14.2. The Balaban J connectivity index is 1.72. The molecule has 0 spiro atoms. The molecule has 2 N–H and O–H groups in total. The molecule has 0 amide bonds. The van der Waals surface area contributed by atoms with Crippen molar-refractivity contribution < 1.29 is 8.78 Å². The molecule has 136 valence electrons. The molecular formula is C19H20F2N4S. The number of rotatable bonds is 3. The lowest BCUT2D eigenvalue weighted by molar-refractivity contribution is 0.506. The van der Waals surface area contributed by atoms with Crippen molar-refractivity contribution >= 4 is 23.1 Å². The molecule has 1 fully saturated rings. The number of benzene rings is 1. The fraction of sp³-hybridized carbons (Fsp3) is 0.316. The lowest BCUT2D eigenvalue weighted by atomic mass is 10.1. The summed E-state index contributed by atoms with van der Waals surface area (Å²) in [6.07, 6.45) is 7.38. The number of piperidine rings is 1. The topological polar surface area (TPSA) is 45.4 Å². The molecule has 4 rings (SSSR count). The van der Waals surface area contributed by atoms with Gasteiger partial charge in [-0.3, -0.25) is 4.98 Å². The Bertz CT molecular complexity index is 809. The highest BCUT2D eigenvalue weighted by atomic mass is 32.2. The Morgan fingerprint density at radius 2 is 1.96 bits per heavy atom. The molecule has 2 atom stereocenters. The van der Waals surface area contributed by atoms with Crippen LogP contribution in [0, 0.1) is 11.6 Å². The highest BCUT2D eigenvalue weighted by Gasteiger charge is 2.31. The molecule has 2 aromatic rings. The Labute approximate surface area is 155 Å². The molecule has 7 heteroatoms. The number of halogens is 2. The number of aromatic nitrogens is 1. The van der Waals surface area contributed by atoms with Gasteiger partial charge < -0.3 is 15.5 Å². The Morgan fingerprint density at radius 1 is 1.15 bits per heavy atom. The van der Waals surface area contributed by atoms with Crippen LogP contribution in [0.15, 0.2) is 48.3 Å². The maximum Gasteiger partial charge on any atom is 0.132 e. The number of nitrogens with zero attached hydrogens (tertiary/aromatic N) is 3. The van der Waals surface area contributed by atoms with Gasteiger partial charge in [-0.05, 0) is 36.4 Å². The number of pyridine rings is 1. The van der Waals surface area contributed by atoms with Gasteiger partial charge >= 0.3 is 0 Å². The standard InChI is InChI=1S/C19H20F2N4S/c20-14-4-1-5-15(21)18(14)19-25(9-10-26-19)17-11-23-7-6-16(17)24-8-2-3-13(22)12-24/h1,4-7,9-11,13,19H,2-3,8,12,22H2/t13?,19-/m0/s1.